The van der Waals surface area contributed by atoms with E-state index in [0.29, 0.717) is 12.2 Å². The molecule has 0 saturated heterocycles. The predicted octanol–water partition coefficient (Wildman–Crippen LogP) is 2.60. The van der Waals surface area contributed by atoms with Crippen molar-refractivity contribution in [1.29, 1.82) is 0 Å². The Kier molecular flexibility index (Phi) is 5.74. The molecule has 0 fully saturated rings. The fraction of sp³-hybridized carbons (Fsp3) is 0.500. The molecule has 1 unspecified atom stereocenters. The normalized spacial score (nSPS) is 12.6. The molecule has 2 rings (SSSR count). The molecule has 2 heterocycles. The van der Waals surface area contributed by atoms with Crippen LogP contribution in [-0.2, 0) is 7.05 Å². The van der Waals surface area contributed by atoms with Gasteiger partial charge in [-0.1, -0.05) is 13.8 Å². The molecule has 2 aromatic heterocycles. The third kappa shape index (κ3) is 3.56. The van der Waals surface area contributed by atoms with E-state index in [-0.39, 0.29) is 11.9 Å². The van der Waals surface area contributed by atoms with Crippen LogP contribution in [0.5, 0.6) is 0 Å². The molecule has 0 aliphatic heterocycles. The van der Waals surface area contributed by atoms with Gasteiger partial charge in [-0.3, -0.25) is 14.4 Å². The molecule has 0 bridgehead atoms. The largest absolute Gasteiger partial charge is 0.349 e. The summed E-state index contributed by atoms with van der Waals surface area (Å²) >= 11 is 1.69. The highest BCUT2D eigenvalue weighted by atomic mass is 32.1. The lowest BCUT2D eigenvalue weighted by Gasteiger charge is -2.29. The number of carbonyl (C=O) groups is 1. The molecule has 22 heavy (non-hydrogen) atoms. The van der Waals surface area contributed by atoms with E-state index in [4.69, 9.17) is 0 Å². The minimum Gasteiger partial charge on any atom is -0.349 e. The zero-order valence-electron chi connectivity index (χ0n) is 13.7. The van der Waals surface area contributed by atoms with Gasteiger partial charge in [-0.2, -0.15) is 16.4 Å². The quantitative estimate of drug-likeness (QED) is 0.853. The Morgan fingerprint density at radius 2 is 2.18 bits per heavy atom. The van der Waals surface area contributed by atoms with Crippen molar-refractivity contribution in [1.82, 2.24) is 20.0 Å². The van der Waals surface area contributed by atoms with Crippen LogP contribution >= 0.6 is 11.3 Å². The first-order chi connectivity index (χ1) is 10.6. The van der Waals surface area contributed by atoms with Crippen LogP contribution in [0.25, 0.3) is 0 Å². The maximum Gasteiger partial charge on any atom is 0.269 e. The van der Waals surface area contributed by atoms with Gasteiger partial charge >= 0.3 is 0 Å². The van der Waals surface area contributed by atoms with Crippen molar-refractivity contribution >= 4 is 17.2 Å². The molecule has 5 nitrogen and oxygen atoms in total. The molecule has 1 N–H and O–H groups in total. The summed E-state index contributed by atoms with van der Waals surface area (Å²) in [6.07, 6.45) is 1.72. The van der Waals surface area contributed by atoms with E-state index in [9.17, 15) is 4.79 Å². The minimum atomic E-state index is -0.0649. The third-order valence-electron chi connectivity index (χ3n) is 3.97. The van der Waals surface area contributed by atoms with Crippen LogP contribution in [0.4, 0.5) is 0 Å². The van der Waals surface area contributed by atoms with E-state index in [0.717, 1.165) is 18.7 Å². The third-order valence-corrected chi connectivity index (χ3v) is 4.68. The fourth-order valence-electron chi connectivity index (χ4n) is 2.73. The molecule has 0 saturated carbocycles. The smallest absolute Gasteiger partial charge is 0.269 e. The average Bonchev–Trinajstić information content (AvgIpc) is 3.13. The van der Waals surface area contributed by atoms with Gasteiger partial charge < -0.3 is 5.32 Å². The Morgan fingerprint density at radius 3 is 2.68 bits per heavy atom. The Morgan fingerprint density at radius 1 is 1.45 bits per heavy atom. The van der Waals surface area contributed by atoms with E-state index in [2.05, 4.69) is 46.0 Å². The number of aryl methyl sites for hydroxylation is 2. The van der Waals surface area contributed by atoms with E-state index in [1.54, 1.807) is 29.3 Å². The highest BCUT2D eigenvalue weighted by Crippen LogP contribution is 2.22. The van der Waals surface area contributed by atoms with Crippen molar-refractivity contribution in [3.63, 3.8) is 0 Å². The Bertz CT molecular complexity index is 582. The maximum atomic E-state index is 12.4. The van der Waals surface area contributed by atoms with Crippen molar-refractivity contribution < 1.29 is 4.79 Å². The van der Waals surface area contributed by atoms with Crippen LogP contribution in [0.15, 0.2) is 23.0 Å². The second-order valence-electron chi connectivity index (χ2n) is 5.30. The minimum absolute atomic E-state index is 0.0649. The summed E-state index contributed by atoms with van der Waals surface area (Å²) in [6, 6.07) is 2.34. The number of hydrogen-bond donors (Lipinski definition) is 1. The van der Waals surface area contributed by atoms with Crippen molar-refractivity contribution in [2.45, 2.75) is 26.8 Å². The van der Waals surface area contributed by atoms with E-state index in [1.165, 1.54) is 5.56 Å². The molecule has 1 atom stereocenters. The van der Waals surface area contributed by atoms with Gasteiger partial charge in [0.05, 0.1) is 12.2 Å². The number of amides is 1. The first-order valence-electron chi connectivity index (χ1n) is 7.61. The van der Waals surface area contributed by atoms with E-state index < -0.39 is 0 Å². The molecule has 1 amide bonds. The number of likely N-dealkylation sites (N-methyl/N-ethyl adjacent to an activating group) is 1. The molecule has 2 aromatic rings. The van der Waals surface area contributed by atoms with Gasteiger partial charge in [0.25, 0.3) is 5.91 Å². The van der Waals surface area contributed by atoms with Gasteiger partial charge in [-0.15, -0.1) is 0 Å². The lowest BCUT2D eigenvalue weighted by atomic mass is 10.1. The molecule has 120 valence electrons. The standard InChI is InChI=1S/C16H24N4OS/c1-5-20(6-2)14(13-7-8-22-11-13)10-17-16(21)15-12(3)9-18-19(15)4/h7-9,11,14H,5-6,10H2,1-4H3,(H,17,21). The monoisotopic (exact) mass is 320 g/mol. The van der Waals surface area contributed by atoms with Crippen molar-refractivity contribution in [2.24, 2.45) is 7.05 Å². The van der Waals surface area contributed by atoms with Crippen LogP contribution in [0.2, 0.25) is 0 Å². The fourth-order valence-corrected chi connectivity index (χ4v) is 3.44. The van der Waals surface area contributed by atoms with E-state index in [1.807, 2.05) is 6.92 Å². The predicted molar refractivity (Wildman–Crippen MR) is 90.3 cm³/mol. The summed E-state index contributed by atoms with van der Waals surface area (Å²) in [6.45, 7) is 8.71. The first-order valence-corrected chi connectivity index (χ1v) is 8.55. The topological polar surface area (TPSA) is 50.2 Å². The molecule has 0 aromatic carbocycles. The van der Waals surface area contributed by atoms with Crippen LogP contribution in [0, 0.1) is 6.92 Å². The Balaban J connectivity index is 2.10. The van der Waals surface area contributed by atoms with Gasteiger partial charge in [-0.25, -0.2) is 0 Å². The van der Waals surface area contributed by atoms with Crippen LogP contribution in [0.3, 0.4) is 0 Å². The molecule has 0 aliphatic rings. The van der Waals surface area contributed by atoms with Gasteiger partial charge in [0.15, 0.2) is 0 Å². The lowest BCUT2D eigenvalue weighted by molar-refractivity contribution is 0.0925. The molecular weight excluding hydrogens is 296 g/mol. The summed E-state index contributed by atoms with van der Waals surface area (Å²) in [5, 5.41) is 11.4. The van der Waals surface area contributed by atoms with Crippen LogP contribution < -0.4 is 5.32 Å². The summed E-state index contributed by atoms with van der Waals surface area (Å²) in [5.74, 6) is -0.0649. The first kappa shape index (κ1) is 16.7. The lowest BCUT2D eigenvalue weighted by Crippen LogP contribution is -2.38. The number of nitrogens with zero attached hydrogens (tertiary/aromatic N) is 3. The molecule has 0 radical (unpaired) electrons. The van der Waals surface area contributed by atoms with Crippen molar-refractivity contribution in [3.05, 3.63) is 39.8 Å². The number of aromatic nitrogens is 2. The zero-order chi connectivity index (χ0) is 16.1. The average molecular weight is 320 g/mol. The molecule has 6 heteroatoms. The number of carbonyl (C=O) groups excluding carboxylic acids is 1. The number of nitrogens with one attached hydrogen (secondary N) is 1. The Hall–Kier alpha value is -1.66. The molecule has 0 aliphatic carbocycles. The second kappa shape index (κ2) is 7.56. The highest BCUT2D eigenvalue weighted by Gasteiger charge is 2.21. The summed E-state index contributed by atoms with van der Waals surface area (Å²) in [5.41, 5.74) is 2.79. The Labute approximate surface area is 135 Å². The highest BCUT2D eigenvalue weighted by molar-refractivity contribution is 7.07. The maximum absolute atomic E-state index is 12.4. The van der Waals surface area contributed by atoms with Crippen molar-refractivity contribution in [3.8, 4) is 0 Å². The summed E-state index contributed by atoms with van der Waals surface area (Å²) in [7, 11) is 1.79. The number of thiophene rings is 1. The number of hydrogen-bond acceptors (Lipinski definition) is 4. The van der Waals surface area contributed by atoms with Crippen LogP contribution in [0.1, 0.15) is 41.5 Å². The summed E-state index contributed by atoms with van der Waals surface area (Å²) in [4.78, 5) is 14.8. The van der Waals surface area contributed by atoms with Crippen LogP contribution in [-0.4, -0.2) is 40.2 Å². The molecular formula is C16H24N4OS. The van der Waals surface area contributed by atoms with Gasteiger partial charge in [0, 0.05) is 13.6 Å². The number of rotatable bonds is 7. The zero-order valence-corrected chi connectivity index (χ0v) is 14.5. The van der Waals surface area contributed by atoms with Crippen molar-refractivity contribution in [2.75, 3.05) is 19.6 Å². The van der Waals surface area contributed by atoms with Gasteiger partial charge in [-0.05, 0) is 48.0 Å². The second-order valence-corrected chi connectivity index (χ2v) is 6.08. The van der Waals surface area contributed by atoms with E-state index >= 15 is 0 Å². The van der Waals surface area contributed by atoms with Gasteiger partial charge in [0.2, 0.25) is 0 Å². The van der Waals surface area contributed by atoms with Gasteiger partial charge in [0.1, 0.15) is 5.69 Å². The molecule has 0 spiro atoms. The summed E-state index contributed by atoms with van der Waals surface area (Å²) < 4.78 is 1.63. The SMILES string of the molecule is CCN(CC)C(CNC(=O)c1c(C)cnn1C)c1ccsc1.